The lowest BCUT2D eigenvalue weighted by Gasteiger charge is -2.17. The molecule has 27 heavy (non-hydrogen) atoms. The number of hydrogen-bond acceptors (Lipinski definition) is 5. The first kappa shape index (κ1) is 17.7. The van der Waals surface area contributed by atoms with E-state index in [4.69, 9.17) is 0 Å². The number of aryl methyl sites for hydroxylation is 1. The standard InChI is InChI=1S/C21H22N4OS/c1-3-17-13-23-20(27-17)14(2)24-19-9-8-16(12-22-19)21(26)25-11-10-15-6-4-5-7-18(15)25/h4-9,12-14H,3,10-11H2,1-2H3,(H,22,24). The third-order valence-electron chi connectivity index (χ3n) is 4.80. The van der Waals surface area contributed by atoms with Gasteiger partial charge in [0.05, 0.1) is 11.6 Å². The lowest BCUT2D eigenvalue weighted by molar-refractivity contribution is 0.0989. The first-order valence-corrected chi connectivity index (χ1v) is 10.0. The summed E-state index contributed by atoms with van der Waals surface area (Å²) >= 11 is 1.72. The molecule has 4 rings (SSSR count). The van der Waals surface area contributed by atoms with Gasteiger partial charge in [-0.2, -0.15) is 0 Å². The van der Waals surface area contributed by atoms with Crippen LogP contribution in [0.1, 0.15) is 45.7 Å². The average Bonchev–Trinajstić information content (AvgIpc) is 3.35. The lowest BCUT2D eigenvalue weighted by atomic mass is 10.2. The quantitative estimate of drug-likeness (QED) is 0.711. The highest BCUT2D eigenvalue weighted by Gasteiger charge is 2.25. The van der Waals surface area contributed by atoms with E-state index in [2.05, 4.69) is 35.2 Å². The highest BCUT2D eigenvalue weighted by atomic mass is 32.1. The second-order valence-corrected chi connectivity index (χ2v) is 7.80. The number of nitrogens with one attached hydrogen (secondary N) is 1. The number of amides is 1. The van der Waals surface area contributed by atoms with Gasteiger partial charge in [0.1, 0.15) is 10.8 Å². The van der Waals surface area contributed by atoms with Crippen LogP contribution in [0, 0.1) is 0 Å². The predicted molar refractivity (Wildman–Crippen MR) is 110 cm³/mol. The Kier molecular flexibility index (Phi) is 4.90. The van der Waals surface area contributed by atoms with E-state index in [0.29, 0.717) is 5.56 Å². The Morgan fingerprint density at radius 2 is 2.07 bits per heavy atom. The molecule has 1 aliphatic rings. The van der Waals surface area contributed by atoms with Crippen LogP contribution in [-0.2, 0) is 12.8 Å². The number of carbonyl (C=O) groups is 1. The fourth-order valence-electron chi connectivity index (χ4n) is 3.28. The van der Waals surface area contributed by atoms with Crippen molar-refractivity contribution in [2.24, 2.45) is 0 Å². The molecule has 1 amide bonds. The third kappa shape index (κ3) is 3.57. The molecule has 0 bridgehead atoms. The Hall–Kier alpha value is -2.73. The summed E-state index contributed by atoms with van der Waals surface area (Å²) in [4.78, 5) is 24.9. The molecule has 0 saturated heterocycles. The van der Waals surface area contributed by atoms with Crippen LogP contribution in [0.2, 0.25) is 0 Å². The highest BCUT2D eigenvalue weighted by molar-refractivity contribution is 7.11. The van der Waals surface area contributed by atoms with Crippen LogP contribution in [0.3, 0.4) is 0 Å². The first-order valence-electron chi connectivity index (χ1n) is 9.22. The Labute approximate surface area is 163 Å². The van der Waals surface area contributed by atoms with E-state index in [9.17, 15) is 4.79 Å². The van der Waals surface area contributed by atoms with E-state index in [1.54, 1.807) is 17.5 Å². The zero-order chi connectivity index (χ0) is 18.8. The van der Waals surface area contributed by atoms with Crippen molar-refractivity contribution in [3.8, 4) is 0 Å². The van der Waals surface area contributed by atoms with Crippen molar-refractivity contribution in [1.82, 2.24) is 9.97 Å². The summed E-state index contributed by atoms with van der Waals surface area (Å²) in [5.41, 5.74) is 2.84. The minimum absolute atomic E-state index is 0.000408. The average molecular weight is 379 g/mol. The molecule has 0 aliphatic carbocycles. The van der Waals surface area contributed by atoms with Crippen molar-refractivity contribution >= 4 is 28.7 Å². The van der Waals surface area contributed by atoms with Crippen LogP contribution in [0.25, 0.3) is 0 Å². The molecule has 0 radical (unpaired) electrons. The van der Waals surface area contributed by atoms with Crippen molar-refractivity contribution in [3.05, 3.63) is 69.8 Å². The second kappa shape index (κ2) is 7.48. The number of carbonyl (C=O) groups excluding carboxylic acids is 1. The summed E-state index contributed by atoms with van der Waals surface area (Å²) in [7, 11) is 0. The number of rotatable bonds is 5. The molecule has 0 saturated carbocycles. The van der Waals surface area contributed by atoms with E-state index < -0.39 is 0 Å². The van der Waals surface area contributed by atoms with Gasteiger partial charge in [-0.25, -0.2) is 9.97 Å². The van der Waals surface area contributed by atoms with Crippen LogP contribution in [0.15, 0.2) is 48.8 Å². The number of thiazole rings is 1. The molecule has 138 valence electrons. The molecule has 1 N–H and O–H groups in total. The molecule has 0 fully saturated rings. The number of hydrogen-bond donors (Lipinski definition) is 1. The van der Waals surface area contributed by atoms with Crippen molar-refractivity contribution < 1.29 is 4.79 Å². The molecule has 3 heterocycles. The number of fused-ring (bicyclic) bond motifs is 1. The summed E-state index contributed by atoms with van der Waals surface area (Å²) in [6.07, 6.45) is 5.48. The van der Waals surface area contributed by atoms with Crippen molar-refractivity contribution in [2.75, 3.05) is 16.8 Å². The van der Waals surface area contributed by atoms with Crippen LogP contribution >= 0.6 is 11.3 Å². The van der Waals surface area contributed by atoms with Crippen LogP contribution in [0.5, 0.6) is 0 Å². The van der Waals surface area contributed by atoms with Crippen LogP contribution in [-0.4, -0.2) is 22.4 Å². The molecule has 1 aliphatic heterocycles. The van der Waals surface area contributed by atoms with E-state index >= 15 is 0 Å². The van der Waals surface area contributed by atoms with Gasteiger partial charge in [0.2, 0.25) is 0 Å². The Morgan fingerprint density at radius 3 is 2.81 bits per heavy atom. The van der Waals surface area contributed by atoms with E-state index in [1.807, 2.05) is 41.4 Å². The van der Waals surface area contributed by atoms with Gasteiger partial charge in [0, 0.05) is 29.5 Å². The van der Waals surface area contributed by atoms with E-state index in [-0.39, 0.29) is 11.9 Å². The Balaban J connectivity index is 1.45. The molecule has 1 atom stereocenters. The molecule has 5 nitrogen and oxygen atoms in total. The Morgan fingerprint density at radius 1 is 1.22 bits per heavy atom. The Bertz CT molecular complexity index is 951. The van der Waals surface area contributed by atoms with Gasteiger partial charge in [0.25, 0.3) is 5.91 Å². The fraction of sp³-hybridized carbons (Fsp3) is 0.286. The number of pyridine rings is 1. The van der Waals surface area contributed by atoms with Gasteiger partial charge in [0.15, 0.2) is 0 Å². The molecule has 1 unspecified atom stereocenters. The monoisotopic (exact) mass is 378 g/mol. The summed E-state index contributed by atoms with van der Waals surface area (Å²) in [6, 6.07) is 11.9. The molecule has 2 aromatic heterocycles. The number of nitrogens with zero attached hydrogens (tertiary/aromatic N) is 3. The largest absolute Gasteiger partial charge is 0.361 e. The van der Waals surface area contributed by atoms with Gasteiger partial charge < -0.3 is 10.2 Å². The predicted octanol–water partition coefficient (Wildman–Crippen LogP) is 4.48. The minimum Gasteiger partial charge on any atom is -0.361 e. The van der Waals surface area contributed by atoms with Crippen LogP contribution < -0.4 is 10.2 Å². The number of para-hydroxylation sites is 1. The summed E-state index contributed by atoms with van der Waals surface area (Å²) < 4.78 is 0. The SMILES string of the molecule is CCc1cnc(C(C)Nc2ccc(C(=O)N3CCc4ccccc43)cn2)s1. The van der Waals surface area contributed by atoms with Gasteiger partial charge >= 0.3 is 0 Å². The maximum atomic E-state index is 12.9. The topological polar surface area (TPSA) is 58.1 Å². The second-order valence-electron chi connectivity index (χ2n) is 6.65. The smallest absolute Gasteiger partial charge is 0.259 e. The zero-order valence-electron chi connectivity index (χ0n) is 15.5. The summed E-state index contributed by atoms with van der Waals surface area (Å²) in [6.45, 7) is 4.92. The molecule has 1 aromatic carbocycles. The first-order chi connectivity index (χ1) is 13.2. The van der Waals surface area contributed by atoms with Crippen molar-refractivity contribution in [3.63, 3.8) is 0 Å². The van der Waals surface area contributed by atoms with E-state index in [1.165, 1.54) is 10.4 Å². The maximum Gasteiger partial charge on any atom is 0.259 e. The number of benzene rings is 1. The molecule has 0 spiro atoms. The fourth-order valence-corrected chi connectivity index (χ4v) is 4.14. The summed E-state index contributed by atoms with van der Waals surface area (Å²) in [5.74, 6) is 0.744. The van der Waals surface area contributed by atoms with Gasteiger partial charge in [-0.1, -0.05) is 25.1 Å². The molecular formula is C21H22N4OS. The molecule has 3 aromatic rings. The lowest BCUT2D eigenvalue weighted by Crippen LogP contribution is -2.28. The van der Waals surface area contributed by atoms with Crippen molar-refractivity contribution in [2.45, 2.75) is 32.7 Å². The highest BCUT2D eigenvalue weighted by Crippen LogP contribution is 2.29. The van der Waals surface area contributed by atoms with Gasteiger partial charge in [-0.3, -0.25) is 4.79 Å². The normalized spacial score (nSPS) is 14.1. The number of aromatic nitrogens is 2. The summed E-state index contributed by atoms with van der Waals surface area (Å²) in [5, 5.41) is 4.40. The molecule has 6 heteroatoms. The third-order valence-corrected chi connectivity index (χ3v) is 6.12. The van der Waals surface area contributed by atoms with Gasteiger partial charge in [-0.15, -0.1) is 11.3 Å². The van der Waals surface area contributed by atoms with Crippen molar-refractivity contribution in [1.29, 1.82) is 0 Å². The van der Waals surface area contributed by atoms with Gasteiger partial charge in [-0.05, 0) is 43.5 Å². The minimum atomic E-state index is -0.000408. The zero-order valence-corrected chi connectivity index (χ0v) is 16.3. The van der Waals surface area contributed by atoms with E-state index in [0.717, 1.165) is 35.9 Å². The van der Waals surface area contributed by atoms with Crippen LogP contribution in [0.4, 0.5) is 11.5 Å². The molecular weight excluding hydrogens is 356 g/mol. The number of anilines is 2. The maximum absolute atomic E-state index is 12.9.